The third-order valence-corrected chi connectivity index (χ3v) is 3.42. The number of aromatic amines is 1. The average Bonchev–Trinajstić information content (AvgIpc) is 2.33. The molecule has 0 radical (unpaired) electrons. The van der Waals surface area contributed by atoms with Crippen LogP contribution in [0.25, 0.3) is 0 Å². The van der Waals surface area contributed by atoms with Crippen LogP contribution in [-0.2, 0) is 6.54 Å². The molecule has 1 fully saturated rings. The molecule has 0 unspecified atom stereocenters. The highest BCUT2D eigenvalue weighted by molar-refractivity contribution is 7.71. The number of hydrogen-bond acceptors (Lipinski definition) is 3. The van der Waals surface area contributed by atoms with Crippen LogP contribution >= 0.6 is 12.2 Å². The molecule has 88 valence electrons. The van der Waals surface area contributed by atoms with E-state index in [4.69, 9.17) is 12.2 Å². The number of piperazine rings is 1. The summed E-state index contributed by atoms with van der Waals surface area (Å²) in [7, 11) is 0. The fourth-order valence-corrected chi connectivity index (χ4v) is 2.19. The van der Waals surface area contributed by atoms with Crippen molar-refractivity contribution < 1.29 is 0 Å². The molecule has 0 bridgehead atoms. The molecule has 1 N–H and O–H groups in total. The lowest BCUT2D eigenvalue weighted by Gasteiger charge is -2.33. The first-order valence-electron chi connectivity index (χ1n) is 5.90. The Labute approximate surface area is 102 Å². The van der Waals surface area contributed by atoms with Gasteiger partial charge in [-0.25, -0.2) is 0 Å². The van der Waals surface area contributed by atoms with E-state index in [1.54, 1.807) is 0 Å². The van der Waals surface area contributed by atoms with Crippen molar-refractivity contribution in [3.05, 3.63) is 28.5 Å². The summed E-state index contributed by atoms with van der Waals surface area (Å²) in [5, 5.41) is 0. The Morgan fingerprint density at radius 1 is 1.19 bits per heavy atom. The lowest BCUT2D eigenvalue weighted by Crippen LogP contribution is -2.45. The summed E-state index contributed by atoms with van der Waals surface area (Å²) in [4.78, 5) is 8.08. The summed E-state index contributed by atoms with van der Waals surface area (Å²) in [5.41, 5.74) is 1.32. The third kappa shape index (κ3) is 3.14. The zero-order valence-corrected chi connectivity index (χ0v) is 10.6. The van der Waals surface area contributed by atoms with E-state index in [1.165, 1.54) is 38.3 Å². The van der Waals surface area contributed by atoms with Crippen LogP contribution in [0.4, 0.5) is 0 Å². The number of H-pyrrole nitrogens is 1. The molecular formula is C12H19N3S. The van der Waals surface area contributed by atoms with Gasteiger partial charge in [0.05, 0.1) is 0 Å². The first kappa shape index (κ1) is 11.8. The second-order valence-corrected chi connectivity index (χ2v) is 4.71. The number of rotatable bonds is 3. The number of hydrogen-bond donors (Lipinski definition) is 1. The molecule has 1 aliphatic heterocycles. The summed E-state index contributed by atoms with van der Waals surface area (Å²) in [5.74, 6) is 0. The van der Waals surface area contributed by atoms with Crippen molar-refractivity contribution in [3.63, 3.8) is 0 Å². The lowest BCUT2D eigenvalue weighted by molar-refractivity contribution is 0.132. The highest BCUT2D eigenvalue weighted by Gasteiger charge is 2.15. The predicted molar refractivity (Wildman–Crippen MR) is 69.0 cm³/mol. The fraction of sp³-hybridized carbons (Fsp3) is 0.583. The number of likely N-dealkylation sites (N-methyl/N-ethyl adjacent to an activating group) is 1. The van der Waals surface area contributed by atoms with E-state index in [-0.39, 0.29) is 0 Å². The molecule has 1 aromatic heterocycles. The molecule has 1 aliphatic rings. The lowest BCUT2D eigenvalue weighted by atomic mass is 10.2. The largest absolute Gasteiger partial charge is 0.353 e. The Morgan fingerprint density at radius 2 is 1.88 bits per heavy atom. The summed E-state index contributed by atoms with van der Waals surface area (Å²) in [6, 6.07) is 4.08. The minimum atomic E-state index is 0.805. The van der Waals surface area contributed by atoms with Gasteiger partial charge in [-0.3, -0.25) is 4.90 Å². The van der Waals surface area contributed by atoms with E-state index in [0.717, 1.165) is 11.2 Å². The Kier molecular flexibility index (Phi) is 4.09. The van der Waals surface area contributed by atoms with E-state index in [1.807, 2.05) is 12.3 Å². The van der Waals surface area contributed by atoms with Gasteiger partial charge in [0, 0.05) is 38.9 Å². The first-order valence-corrected chi connectivity index (χ1v) is 6.31. The van der Waals surface area contributed by atoms with Crippen LogP contribution in [-0.4, -0.2) is 47.5 Å². The molecule has 0 atom stereocenters. The first-order chi connectivity index (χ1) is 7.78. The zero-order valence-electron chi connectivity index (χ0n) is 9.78. The van der Waals surface area contributed by atoms with Crippen molar-refractivity contribution in [1.82, 2.24) is 14.8 Å². The van der Waals surface area contributed by atoms with E-state index in [9.17, 15) is 0 Å². The molecule has 1 saturated heterocycles. The molecule has 2 rings (SSSR count). The number of aromatic nitrogens is 1. The number of pyridine rings is 1. The number of nitrogens with one attached hydrogen (secondary N) is 1. The maximum absolute atomic E-state index is 5.03. The van der Waals surface area contributed by atoms with Gasteiger partial charge in [0.25, 0.3) is 0 Å². The maximum atomic E-state index is 5.03. The van der Waals surface area contributed by atoms with Crippen LogP contribution < -0.4 is 0 Å². The molecule has 2 heterocycles. The molecule has 0 aliphatic carbocycles. The molecule has 0 amide bonds. The zero-order chi connectivity index (χ0) is 11.4. The molecule has 0 spiro atoms. The van der Waals surface area contributed by atoms with E-state index in [2.05, 4.69) is 27.8 Å². The standard InChI is InChI=1S/C12H19N3S/c1-2-14-5-7-15(8-6-14)10-11-3-4-12(16)13-9-11/h3-4,9H,2,5-8,10H2,1H3,(H,13,16). The minimum Gasteiger partial charge on any atom is -0.353 e. The Hall–Kier alpha value is -0.710. The van der Waals surface area contributed by atoms with Crippen LogP contribution in [0.5, 0.6) is 0 Å². The Morgan fingerprint density at radius 3 is 2.44 bits per heavy atom. The summed E-state index contributed by atoms with van der Waals surface area (Å²) >= 11 is 5.03. The topological polar surface area (TPSA) is 22.3 Å². The van der Waals surface area contributed by atoms with Gasteiger partial charge in [-0.15, -0.1) is 0 Å². The van der Waals surface area contributed by atoms with Gasteiger partial charge in [-0.05, 0) is 18.2 Å². The van der Waals surface area contributed by atoms with Crippen molar-refractivity contribution >= 4 is 12.2 Å². The normalized spacial score (nSPS) is 18.8. The molecule has 16 heavy (non-hydrogen) atoms. The predicted octanol–water partition coefficient (Wildman–Crippen LogP) is 1.88. The van der Waals surface area contributed by atoms with E-state index >= 15 is 0 Å². The molecule has 4 heteroatoms. The van der Waals surface area contributed by atoms with Crippen LogP contribution in [0, 0.1) is 4.64 Å². The minimum absolute atomic E-state index is 0.805. The molecule has 0 saturated carbocycles. The average molecular weight is 237 g/mol. The SMILES string of the molecule is CCN1CCN(Cc2ccc(=S)[nH]c2)CC1. The molecule has 3 nitrogen and oxygen atoms in total. The number of nitrogens with zero attached hydrogens (tertiary/aromatic N) is 2. The van der Waals surface area contributed by atoms with Crippen LogP contribution in [0.1, 0.15) is 12.5 Å². The second-order valence-electron chi connectivity index (χ2n) is 4.27. The van der Waals surface area contributed by atoms with Gasteiger partial charge in [0.15, 0.2) is 0 Å². The van der Waals surface area contributed by atoms with Crippen LogP contribution in [0.15, 0.2) is 18.3 Å². The van der Waals surface area contributed by atoms with Crippen molar-refractivity contribution in [2.24, 2.45) is 0 Å². The van der Waals surface area contributed by atoms with Crippen molar-refractivity contribution in [3.8, 4) is 0 Å². The Balaban J connectivity index is 1.87. The molecule has 0 aromatic carbocycles. The van der Waals surface area contributed by atoms with Crippen molar-refractivity contribution in [1.29, 1.82) is 0 Å². The fourth-order valence-electron chi connectivity index (χ4n) is 2.06. The van der Waals surface area contributed by atoms with Gasteiger partial charge in [0.1, 0.15) is 4.64 Å². The highest BCUT2D eigenvalue weighted by atomic mass is 32.1. The van der Waals surface area contributed by atoms with Crippen LogP contribution in [0.3, 0.4) is 0 Å². The Bertz CT molecular complexity index is 360. The van der Waals surface area contributed by atoms with Gasteiger partial charge in [0.2, 0.25) is 0 Å². The van der Waals surface area contributed by atoms with Crippen LogP contribution in [0.2, 0.25) is 0 Å². The van der Waals surface area contributed by atoms with Crippen molar-refractivity contribution in [2.75, 3.05) is 32.7 Å². The highest BCUT2D eigenvalue weighted by Crippen LogP contribution is 2.07. The maximum Gasteiger partial charge on any atom is 0.103 e. The summed E-state index contributed by atoms with van der Waals surface area (Å²) < 4.78 is 0.805. The monoisotopic (exact) mass is 237 g/mol. The van der Waals surface area contributed by atoms with Gasteiger partial charge < -0.3 is 9.88 Å². The van der Waals surface area contributed by atoms with Gasteiger partial charge in [-0.2, -0.15) is 0 Å². The second kappa shape index (κ2) is 5.57. The molecular weight excluding hydrogens is 218 g/mol. The third-order valence-electron chi connectivity index (χ3n) is 3.17. The molecule has 1 aromatic rings. The van der Waals surface area contributed by atoms with Crippen molar-refractivity contribution in [2.45, 2.75) is 13.5 Å². The quantitative estimate of drug-likeness (QED) is 0.812. The summed E-state index contributed by atoms with van der Waals surface area (Å²) in [6.07, 6.45) is 2.02. The van der Waals surface area contributed by atoms with E-state index in [0.29, 0.717) is 0 Å². The summed E-state index contributed by atoms with van der Waals surface area (Å²) in [6.45, 7) is 9.16. The smallest absolute Gasteiger partial charge is 0.103 e. The van der Waals surface area contributed by atoms with E-state index < -0.39 is 0 Å². The van der Waals surface area contributed by atoms with Gasteiger partial charge >= 0.3 is 0 Å². The van der Waals surface area contributed by atoms with Gasteiger partial charge in [-0.1, -0.05) is 25.2 Å².